The van der Waals surface area contributed by atoms with E-state index in [0.29, 0.717) is 25.2 Å². The molecule has 0 atom stereocenters. The molecule has 1 aliphatic rings. The fraction of sp³-hybridized carbons (Fsp3) is 0.444. The standard InChI is InChI=1S/C18H24FN3O2/c1-22(13-15-5-2-3-6-17(15)19)10-4-8-20-12-16-11-14(18(23)24)7-9-21-16/h2,5,7,9,11,20H,3-4,6,8,10,12-13H2,1H3,(H,23,24). The van der Waals surface area contributed by atoms with Crippen molar-refractivity contribution in [3.63, 3.8) is 0 Å². The fourth-order valence-electron chi connectivity index (χ4n) is 2.59. The third kappa shape index (κ3) is 5.86. The summed E-state index contributed by atoms with van der Waals surface area (Å²) in [5, 5.41) is 12.2. The zero-order valence-corrected chi connectivity index (χ0v) is 14.0. The molecule has 0 bridgehead atoms. The van der Waals surface area contributed by atoms with Crippen LogP contribution in [0.1, 0.15) is 35.3 Å². The van der Waals surface area contributed by atoms with Crippen molar-refractivity contribution in [1.29, 1.82) is 0 Å². The third-order valence-corrected chi connectivity index (χ3v) is 3.90. The number of hydrogen-bond acceptors (Lipinski definition) is 4. The van der Waals surface area contributed by atoms with Crippen molar-refractivity contribution in [1.82, 2.24) is 15.2 Å². The van der Waals surface area contributed by atoms with Crippen LogP contribution in [0.5, 0.6) is 0 Å². The SMILES string of the molecule is CN(CCCNCc1cc(C(=O)O)ccn1)CC1=C(F)CCC=C1. The van der Waals surface area contributed by atoms with Gasteiger partial charge in [0.05, 0.1) is 11.3 Å². The average Bonchev–Trinajstić information content (AvgIpc) is 2.57. The van der Waals surface area contributed by atoms with Gasteiger partial charge in [0.1, 0.15) is 5.83 Å². The number of nitrogens with one attached hydrogen (secondary N) is 1. The molecule has 130 valence electrons. The summed E-state index contributed by atoms with van der Waals surface area (Å²) in [4.78, 5) is 17.2. The molecule has 1 aromatic rings. The highest BCUT2D eigenvalue weighted by Crippen LogP contribution is 2.20. The smallest absolute Gasteiger partial charge is 0.335 e. The zero-order valence-electron chi connectivity index (χ0n) is 14.0. The lowest BCUT2D eigenvalue weighted by Crippen LogP contribution is -2.26. The Labute approximate surface area is 141 Å². The van der Waals surface area contributed by atoms with Gasteiger partial charge in [-0.15, -0.1) is 0 Å². The van der Waals surface area contributed by atoms with E-state index in [9.17, 15) is 9.18 Å². The van der Waals surface area contributed by atoms with Crippen LogP contribution in [0.15, 0.2) is 41.9 Å². The molecule has 2 rings (SSSR count). The van der Waals surface area contributed by atoms with Gasteiger partial charge in [-0.25, -0.2) is 9.18 Å². The molecule has 0 spiro atoms. The number of rotatable bonds is 9. The van der Waals surface area contributed by atoms with Gasteiger partial charge < -0.3 is 15.3 Å². The van der Waals surface area contributed by atoms with E-state index < -0.39 is 5.97 Å². The fourth-order valence-corrected chi connectivity index (χ4v) is 2.59. The Balaban J connectivity index is 1.65. The van der Waals surface area contributed by atoms with Crippen LogP contribution in [0, 0.1) is 0 Å². The number of allylic oxidation sites excluding steroid dienone is 2. The molecule has 2 N–H and O–H groups in total. The highest BCUT2D eigenvalue weighted by molar-refractivity contribution is 5.87. The Morgan fingerprint density at radius 3 is 3.08 bits per heavy atom. The van der Waals surface area contributed by atoms with Gasteiger partial charge in [0.25, 0.3) is 0 Å². The van der Waals surface area contributed by atoms with Crippen molar-refractivity contribution in [2.75, 3.05) is 26.7 Å². The second-order valence-electron chi connectivity index (χ2n) is 5.98. The largest absolute Gasteiger partial charge is 0.478 e. The number of pyridine rings is 1. The van der Waals surface area contributed by atoms with E-state index in [4.69, 9.17) is 5.11 Å². The molecule has 0 aliphatic heterocycles. The summed E-state index contributed by atoms with van der Waals surface area (Å²) < 4.78 is 13.7. The van der Waals surface area contributed by atoms with Crippen LogP contribution in [-0.4, -0.2) is 47.6 Å². The Morgan fingerprint density at radius 2 is 2.33 bits per heavy atom. The minimum Gasteiger partial charge on any atom is -0.478 e. The van der Waals surface area contributed by atoms with E-state index >= 15 is 0 Å². The maximum atomic E-state index is 13.7. The van der Waals surface area contributed by atoms with Crippen LogP contribution in [0.2, 0.25) is 0 Å². The first-order chi connectivity index (χ1) is 11.6. The van der Waals surface area contributed by atoms with Gasteiger partial charge in [-0.05, 0) is 50.7 Å². The van der Waals surface area contributed by atoms with Gasteiger partial charge in [0.15, 0.2) is 0 Å². The average molecular weight is 333 g/mol. The summed E-state index contributed by atoms with van der Waals surface area (Å²) in [6.07, 6.45) is 7.65. The predicted octanol–water partition coefficient (Wildman–Crippen LogP) is 2.76. The quantitative estimate of drug-likeness (QED) is 0.680. The number of aromatic nitrogens is 1. The number of halogens is 1. The third-order valence-electron chi connectivity index (χ3n) is 3.90. The van der Waals surface area contributed by atoms with E-state index in [1.54, 1.807) is 6.07 Å². The number of hydrogen-bond donors (Lipinski definition) is 2. The lowest BCUT2D eigenvalue weighted by molar-refractivity contribution is 0.0696. The van der Waals surface area contributed by atoms with Crippen LogP contribution >= 0.6 is 0 Å². The summed E-state index contributed by atoms with van der Waals surface area (Å²) in [5.41, 5.74) is 1.74. The number of likely N-dealkylation sites (N-methyl/N-ethyl adjacent to an activating group) is 1. The summed E-state index contributed by atoms with van der Waals surface area (Å²) in [7, 11) is 1.99. The molecular weight excluding hydrogens is 309 g/mol. The van der Waals surface area contributed by atoms with Crippen molar-refractivity contribution in [3.8, 4) is 0 Å². The number of nitrogens with zero attached hydrogens (tertiary/aromatic N) is 2. The van der Waals surface area contributed by atoms with Crippen molar-refractivity contribution in [3.05, 3.63) is 53.1 Å². The second kappa shape index (κ2) is 9.30. The number of carboxylic acid groups (broad SMARTS) is 1. The van der Waals surface area contributed by atoms with Crippen LogP contribution in [0.4, 0.5) is 4.39 Å². The number of aromatic carboxylic acids is 1. The first-order valence-electron chi connectivity index (χ1n) is 8.18. The normalized spacial score (nSPS) is 14.5. The van der Waals surface area contributed by atoms with Gasteiger partial charge >= 0.3 is 5.97 Å². The van der Waals surface area contributed by atoms with E-state index in [2.05, 4.69) is 15.2 Å². The molecule has 0 aromatic carbocycles. The van der Waals surface area contributed by atoms with Crippen molar-refractivity contribution in [2.24, 2.45) is 0 Å². The first-order valence-corrected chi connectivity index (χ1v) is 8.18. The molecule has 1 aromatic heterocycles. The second-order valence-corrected chi connectivity index (χ2v) is 5.98. The number of carbonyl (C=O) groups is 1. The molecule has 1 aliphatic carbocycles. The summed E-state index contributed by atoms with van der Waals surface area (Å²) in [6.45, 7) is 2.82. The van der Waals surface area contributed by atoms with Crippen molar-refractivity contribution in [2.45, 2.75) is 25.8 Å². The van der Waals surface area contributed by atoms with Gasteiger partial charge in [0, 0.05) is 25.7 Å². The van der Waals surface area contributed by atoms with Crippen molar-refractivity contribution >= 4 is 5.97 Å². The van der Waals surface area contributed by atoms with Crippen LogP contribution in [0.25, 0.3) is 0 Å². The van der Waals surface area contributed by atoms with E-state index in [1.165, 1.54) is 12.3 Å². The Morgan fingerprint density at radius 1 is 1.50 bits per heavy atom. The lowest BCUT2D eigenvalue weighted by atomic mass is 10.1. The maximum Gasteiger partial charge on any atom is 0.335 e. The number of carboxylic acids is 1. The topological polar surface area (TPSA) is 65.5 Å². The molecule has 24 heavy (non-hydrogen) atoms. The molecule has 0 saturated heterocycles. The highest BCUT2D eigenvalue weighted by Gasteiger charge is 2.10. The van der Waals surface area contributed by atoms with Crippen molar-refractivity contribution < 1.29 is 14.3 Å². The molecule has 1 heterocycles. The molecule has 6 heteroatoms. The lowest BCUT2D eigenvalue weighted by Gasteiger charge is -2.19. The zero-order chi connectivity index (χ0) is 17.4. The maximum absolute atomic E-state index is 13.7. The Hall–Kier alpha value is -2.05. The monoisotopic (exact) mass is 333 g/mol. The molecule has 0 radical (unpaired) electrons. The predicted molar refractivity (Wildman–Crippen MR) is 91.5 cm³/mol. The summed E-state index contributed by atoms with van der Waals surface area (Å²) in [5.74, 6) is -0.939. The van der Waals surface area contributed by atoms with Gasteiger partial charge in [-0.3, -0.25) is 4.98 Å². The van der Waals surface area contributed by atoms with Crippen LogP contribution < -0.4 is 5.32 Å². The Bertz CT molecular complexity index is 628. The van der Waals surface area contributed by atoms with Gasteiger partial charge in [-0.1, -0.05) is 12.2 Å². The highest BCUT2D eigenvalue weighted by atomic mass is 19.1. The minimum atomic E-state index is -0.946. The van der Waals surface area contributed by atoms with Crippen LogP contribution in [0.3, 0.4) is 0 Å². The van der Waals surface area contributed by atoms with Crippen LogP contribution in [-0.2, 0) is 6.54 Å². The molecule has 0 amide bonds. The molecule has 5 nitrogen and oxygen atoms in total. The molecule has 0 unspecified atom stereocenters. The van der Waals surface area contributed by atoms with Gasteiger partial charge in [-0.2, -0.15) is 0 Å². The summed E-state index contributed by atoms with van der Waals surface area (Å²) >= 11 is 0. The molecule has 0 fully saturated rings. The van der Waals surface area contributed by atoms with E-state index in [0.717, 1.165) is 31.5 Å². The molecular formula is C18H24FN3O2. The minimum absolute atomic E-state index is 0.00635. The molecule has 0 saturated carbocycles. The summed E-state index contributed by atoms with van der Waals surface area (Å²) in [6, 6.07) is 3.06. The first kappa shape index (κ1) is 18.3. The Kier molecular flexibility index (Phi) is 7.08. The van der Waals surface area contributed by atoms with E-state index in [1.807, 2.05) is 19.2 Å². The van der Waals surface area contributed by atoms with E-state index in [-0.39, 0.29) is 11.4 Å². The van der Waals surface area contributed by atoms with Gasteiger partial charge in [0.2, 0.25) is 0 Å².